The van der Waals surface area contributed by atoms with Crippen LogP contribution in [0.25, 0.3) is 0 Å². The van der Waals surface area contributed by atoms with E-state index in [-0.39, 0.29) is 17.1 Å². The van der Waals surface area contributed by atoms with Gasteiger partial charge in [-0.25, -0.2) is 8.42 Å². The number of carbonyl (C=O) groups excluding carboxylic acids is 1. The number of hydrogen-bond donors (Lipinski definition) is 0. The molecule has 0 unspecified atom stereocenters. The Hall–Kier alpha value is -1.74. The van der Waals surface area contributed by atoms with Crippen LogP contribution in [0, 0.1) is 17.0 Å². The van der Waals surface area contributed by atoms with Gasteiger partial charge in [-0.3, -0.25) is 4.79 Å². The lowest BCUT2D eigenvalue weighted by Crippen LogP contribution is -2.04. The molecule has 1 amide bonds. The van der Waals surface area contributed by atoms with Gasteiger partial charge in [-0.15, -0.1) is 4.91 Å². The number of amides is 1. The van der Waals surface area contributed by atoms with Gasteiger partial charge in [0.1, 0.15) is 0 Å². The molecule has 0 spiro atoms. The average Bonchev–Trinajstić information content (AvgIpc) is 2.29. The summed E-state index contributed by atoms with van der Waals surface area (Å²) in [6.07, 6.45) is -0.257. The van der Waals surface area contributed by atoms with E-state index in [0.29, 0.717) is 5.56 Å². The van der Waals surface area contributed by atoms with Crippen LogP contribution in [0.15, 0.2) is 22.2 Å². The van der Waals surface area contributed by atoms with E-state index < -0.39 is 15.7 Å². The Morgan fingerprint density at radius 3 is 2.75 bits per heavy atom. The van der Waals surface area contributed by atoms with Crippen LogP contribution >= 0.6 is 0 Å². The highest BCUT2D eigenvalue weighted by molar-refractivity contribution is 7.91. The third-order valence-electron chi connectivity index (χ3n) is 1.95. The van der Waals surface area contributed by atoms with Crippen molar-refractivity contribution in [2.24, 2.45) is 5.18 Å². The highest BCUT2D eigenvalue weighted by Gasteiger charge is 2.12. The Bertz CT molecular complexity index is 507. The molecule has 0 aliphatic carbocycles. The second kappa shape index (κ2) is 4.86. The van der Waals surface area contributed by atoms with Crippen molar-refractivity contribution in [3.05, 3.63) is 34.7 Å². The number of carbonyl (C=O) groups is 1. The first-order valence-electron chi connectivity index (χ1n) is 4.51. The van der Waals surface area contributed by atoms with Gasteiger partial charge in [0, 0.05) is 16.8 Å². The average molecular weight is 239 g/mol. The Morgan fingerprint density at radius 2 is 2.19 bits per heavy atom. The first-order valence-corrected chi connectivity index (χ1v) is 6.16. The summed E-state index contributed by atoms with van der Waals surface area (Å²) in [7, 11) is -3.33. The summed E-state index contributed by atoms with van der Waals surface area (Å²) in [5, 5.41) is 2.22. The molecule has 0 aliphatic heterocycles. The third kappa shape index (κ3) is 2.87. The van der Waals surface area contributed by atoms with Crippen molar-refractivity contribution in [2.75, 3.05) is 5.75 Å². The molecule has 1 aromatic rings. The molecule has 0 atom stereocenters. The first kappa shape index (κ1) is 12.3. The van der Waals surface area contributed by atoms with Crippen molar-refractivity contribution >= 4 is 15.7 Å². The van der Waals surface area contributed by atoms with E-state index in [1.807, 2.05) is 0 Å². The maximum absolute atomic E-state index is 11.5. The quantitative estimate of drug-likeness (QED) is 0.731. The van der Waals surface area contributed by atoms with Crippen molar-refractivity contribution in [1.82, 2.24) is 0 Å². The molecule has 84 valence electrons. The minimum atomic E-state index is -3.33. The molecule has 0 saturated heterocycles. The smallest absolute Gasteiger partial charge is 0.269 e. The van der Waals surface area contributed by atoms with Crippen molar-refractivity contribution in [1.29, 1.82) is 0 Å². The van der Waals surface area contributed by atoms with E-state index in [4.69, 9.17) is 0 Å². The lowest BCUT2D eigenvalue weighted by atomic mass is 10.2. The maximum Gasteiger partial charge on any atom is 0.291 e. The molecule has 0 fully saturated rings. The molecule has 0 aromatic heterocycles. The van der Waals surface area contributed by atoms with Crippen LogP contribution in [0.5, 0.6) is 0 Å². The number of nitroso groups, excluding NO2 is 1. The van der Waals surface area contributed by atoms with Gasteiger partial charge in [-0.2, -0.15) is 0 Å². The zero-order chi connectivity index (χ0) is 12.2. The van der Waals surface area contributed by atoms with Crippen LogP contribution in [0.4, 0.5) is 0 Å². The summed E-state index contributed by atoms with van der Waals surface area (Å²) >= 11 is 0. The highest BCUT2D eigenvalue weighted by atomic mass is 32.2. The molecular formula is C10H9NO4S. The van der Waals surface area contributed by atoms with Crippen LogP contribution in [-0.4, -0.2) is 20.1 Å². The summed E-state index contributed by atoms with van der Waals surface area (Å²) in [6.45, 7) is 1.52. The predicted molar refractivity (Wildman–Crippen MR) is 56.3 cm³/mol. The van der Waals surface area contributed by atoms with Gasteiger partial charge in [-0.1, -0.05) is 19.1 Å². The molecule has 0 N–H and O–H groups in total. The number of hydrogen-bond acceptors (Lipinski definition) is 4. The summed E-state index contributed by atoms with van der Waals surface area (Å²) in [4.78, 5) is 20.7. The third-order valence-corrected chi connectivity index (χ3v) is 3.66. The fraction of sp³-hybridized carbons (Fsp3) is 0.300. The summed E-state index contributed by atoms with van der Waals surface area (Å²) in [5.74, 6) is -0.903. The topological polar surface area (TPSA) is 80.6 Å². The first-order chi connectivity index (χ1) is 7.49. The molecule has 16 heavy (non-hydrogen) atoms. The van der Waals surface area contributed by atoms with Gasteiger partial charge in [0.05, 0.1) is 17.1 Å². The SMILES string of the molecule is CCS(=O)(=O)c1cc#cc(CC(=O)N=O)c1. The normalized spacial score (nSPS) is 10.6. The molecule has 5 nitrogen and oxygen atoms in total. The lowest BCUT2D eigenvalue weighted by molar-refractivity contribution is -0.117. The summed E-state index contributed by atoms with van der Waals surface area (Å²) in [5.41, 5.74) is 0.291. The molecule has 6 heteroatoms. The van der Waals surface area contributed by atoms with Gasteiger partial charge < -0.3 is 0 Å². The van der Waals surface area contributed by atoms with Crippen molar-refractivity contribution in [3.63, 3.8) is 0 Å². The standard InChI is InChI=1S/C10H9NO4S/c1-2-16(14,15)9-5-3-4-8(6-9)7-10(12)11-13/h5-6H,2,7H2,1H3. The second-order valence-electron chi connectivity index (χ2n) is 3.05. The van der Waals surface area contributed by atoms with Crippen LogP contribution < -0.4 is 0 Å². The number of rotatable bonds is 4. The predicted octanol–water partition coefficient (Wildman–Crippen LogP) is 0.916. The van der Waals surface area contributed by atoms with Gasteiger partial charge in [0.2, 0.25) is 0 Å². The molecule has 1 rings (SSSR count). The van der Waals surface area contributed by atoms with Crippen molar-refractivity contribution in [3.8, 4) is 0 Å². The largest absolute Gasteiger partial charge is 0.291 e. The maximum atomic E-state index is 11.5. The molecule has 0 radical (unpaired) electrons. The fourth-order valence-electron chi connectivity index (χ4n) is 1.09. The molecule has 0 saturated carbocycles. The number of sulfone groups is 1. The lowest BCUT2D eigenvalue weighted by Gasteiger charge is -2.00. The zero-order valence-corrected chi connectivity index (χ0v) is 9.37. The molecule has 0 aliphatic rings. The molecule has 1 aromatic carbocycles. The van der Waals surface area contributed by atoms with Crippen LogP contribution in [0.2, 0.25) is 0 Å². The summed E-state index contributed by atoms with van der Waals surface area (Å²) < 4.78 is 23.0. The van der Waals surface area contributed by atoms with Crippen molar-refractivity contribution < 1.29 is 13.2 Å². The van der Waals surface area contributed by atoms with Gasteiger partial charge in [0.25, 0.3) is 5.91 Å². The van der Waals surface area contributed by atoms with Gasteiger partial charge in [0.15, 0.2) is 9.84 Å². The Kier molecular flexibility index (Phi) is 3.74. The monoisotopic (exact) mass is 239 g/mol. The molecule has 0 heterocycles. The highest BCUT2D eigenvalue weighted by Crippen LogP contribution is 2.11. The van der Waals surface area contributed by atoms with E-state index in [0.717, 1.165) is 0 Å². The van der Waals surface area contributed by atoms with Gasteiger partial charge in [-0.05, 0) is 6.07 Å². The van der Waals surface area contributed by atoms with E-state index in [1.165, 1.54) is 19.1 Å². The molecular weight excluding hydrogens is 230 g/mol. The Morgan fingerprint density at radius 1 is 1.50 bits per heavy atom. The van der Waals surface area contributed by atoms with Crippen LogP contribution in [0.3, 0.4) is 0 Å². The van der Waals surface area contributed by atoms with Crippen molar-refractivity contribution in [2.45, 2.75) is 18.2 Å². The van der Waals surface area contributed by atoms with E-state index in [2.05, 4.69) is 17.3 Å². The van der Waals surface area contributed by atoms with Crippen LogP contribution in [0.1, 0.15) is 12.5 Å². The Balaban J connectivity index is 3.05. The van der Waals surface area contributed by atoms with Crippen LogP contribution in [-0.2, 0) is 21.1 Å². The summed E-state index contributed by atoms with van der Waals surface area (Å²) in [6, 6.07) is 7.64. The fourth-order valence-corrected chi connectivity index (χ4v) is 1.98. The zero-order valence-electron chi connectivity index (χ0n) is 8.56. The van der Waals surface area contributed by atoms with E-state index >= 15 is 0 Å². The second-order valence-corrected chi connectivity index (χ2v) is 5.33. The minimum Gasteiger partial charge on any atom is -0.269 e. The van der Waals surface area contributed by atoms with Gasteiger partial charge >= 0.3 is 0 Å². The van der Waals surface area contributed by atoms with E-state index in [1.54, 1.807) is 0 Å². The number of nitrogens with zero attached hydrogens (tertiary/aromatic N) is 1. The minimum absolute atomic E-state index is 0.0375. The van der Waals surface area contributed by atoms with E-state index in [9.17, 15) is 18.1 Å². The molecule has 0 bridgehead atoms. The Labute approximate surface area is 93.4 Å².